The van der Waals surface area contributed by atoms with Gasteiger partial charge in [0.05, 0.1) is 24.9 Å². The second kappa shape index (κ2) is 6.79. The molecular formula is C16H21ClN4O. The van der Waals surface area contributed by atoms with E-state index in [1.54, 1.807) is 0 Å². The molecule has 0 aliphatic carbocycles. The molecule has 0 radical (unpaired) electrons. The summed E-state index contributed by atoms with van der Waals surface area (Å²) in [5, 5.41) is 0.654. The van der Waals surface area contributed by atoms with Crippen LogP contribution < -0.4 is 5.73 Å². The molecule has 0 bridgehead atoms. The number of ether oxygens (including phenoxy) is 1. The van der Waals surface area contributed by atoms with Gasteiger partial charge in [-0.1, -0.05) is 41.9 Å². The highest BCUT2D eigenvalue weighted by molar-refractivity contribution is 6.30. The van der Waals surface area contributed by atoms with Crippen molar-refractivity contribution in [2.45, 2.75) is 6.04 Å². The molecule has 0 saturated carbocycles. The Morgan fingerprint density at radius 2 is 1.95 bits per heavy atom. The summed E-state index contributed by atoms with van der Waals surface area (Å²) in [6, 6.07) is 10.1. The zero-order valence-corrected chi connectivity index (χ0v) is 13.5. The zero-order chi connectivity index (χ0) is 15.5. The number of aromatic nitrogens is 2. The van der Waals surface area contributed by atoms with Crippen molar-refractivity contribution in [1.82, 2.24) is 14.5 Å². The largest absolute Gasteiger partial charge is 0.379 e. The van der Waals surface area contributed by atoms with Crippen LogP contribution in [-0.2, 0) is 11.8 Å². The summed E-state index contributed by atoms with van der Waals surface area (Å²) in [5.41, 5.74) is 7.92. The Hall–Kier alpha value is -1.40. The van der Waals surface area contributed by atoms with Crippen LogP contribution in [0.1, 0.15) is 11.7 Å². The monoisotopic (exact) mass is 320 g/mol. The summed E-state index contributed by atoms with van der Waals surface area (Å²) in [6.07, 6.45) is 0. The molecule has 2 aromatic rings. The molecule has 118 valence electrons. The van der Waals surface area contributed by atoms with Gasteiger partial charge in [-0.05, 0) is 0 Å². The lowest BCUT2D eigenvalue weighted by atomic mass is 10.1. The fourth-order valence-electron chi connectivity index (χ4n) is 2.88. The summed E-state index contributed by atoms with van der Waals surface area (Å²) in [7, 11) is 1.94. The van der Waals surface area contributed by atoms with Crippen LogP contribution in [0.25, 0.3) is 11.4 Å². The van der Waals surface area contributed by atoms with Crippen LogP contribution in [0.2, 0.25) is 5.15 Å². The molecule has 1 aromatic heterocycles. The minimum Gasteiger partial charge on any atom is -0.379 e. The molecular weight excluding hydrogens is 300 g/mol. The molecule has 3 rings (SSSR count). The average Bonchev–Trinajstić information content (AvgIpc) is 2.86. The topological polar surface area (TPSA) is 56.3 Å². The molecule has 1 unspecified atom stereocenters. The van der Waals surface area contributed by atoms with Crippen LogP contribution in [0, 0.1) is 0 Å². The third kappa shape index (κ3) is 2.90. The van der Waals surface area contributed by atoms with Crippen molar-refractivity contribution in [2.75, 3.05) is 32.8 Å². The number of hydrogen-bond acceptors (Lipinski definition) is 4. The first-order chi connectivity index (χ1) is 10.7. The summed E-state index contributed by atoms with van der Waals surface area (Å²) in [6.45, 7) is 3.66. The molecule has 1 aromatic carbocycles. The Labute approximate surface area is 135 Å². The Morgan fingerprint density at radius 1 is 1.27 bits per heavy atom. The van der Waals surface area contributed by atoms with E-state index < -0.39 is 0 Å². The van der Waals surface area contributed by atoms with Crippen molar-refractivity contribution >= 4 is 11.6 Å². The van der Waals surface area contributed by atoms with Crippen LogP contribution in [0.15, 0.2) is 30.3 Å². The Morgan fingerprint density at radius 3 is 2.59 bits per heavy atom. The fraction of sp³-hybridized carbons (Fsp3) is 0.438. The molecule has 0 amide bonds. The Kier molecular flexibility index (Phi) is 4.78. The number of benzene rings is 1. The van der Waals surface area contributed by atoms with E-state index in [2.05, 4.69) is 4.90 Å². The molecule has 2 heterocycles. The van der Waals surface area contributed by atoms with Gasteiger partial charge in [0.15, 0.2) is 0 Å². The van der Waals surface area contributed by atoms with E-state index >= 15 is 0 Å². The highest BCUT2D eigenvalue weighted by atomic mass is 35.5. The second-order valence-electron chi connectivity index (χ2n) is 5.44. The SMILES string of the molecule is Cn1c(-c2ccccc2)nc(C(CN)N2CCOCC2)c1Cl. The van der Waals surface area contributed by atoms with Gasteiger partial charge in [0.1, 0.15) is 11.0 Å². The maximum absolute atomic E-state index is 6.54. The number of hydrogen-bond donors (Lipinski definition) is 1. The lowest BCUT2D eigenvalue weighted by Crippen LogP contribution is -2.42. The standard InChI is InChI=1S/C16H21ClN4O/c1-20-15(17)14(13(11-18)21-7-9-22-10-8-21)19-16(20)12-5-3-2-4-6-12/h2-6,13H,7-11,18H2,1H3. The van der Waals surface area contributed by atoms with Crippen LogP contribution in [0.5, 0.6) is 0 Å². The van der Waals surface area contributed by atoms with Crippen molar-refractivity contribution in [3.63, 3.8) is 0 Å². The molecule has 6 heteroatoms. The summed E-state index contributed by atoms with van der Waals surface area (Å²) in [5.74, 6) is 0.868. The predicted octanol–water partition coefficient (Wildman–Crippen LogP) is 2.07. The number of morpholine rings is 1. The lowest BCUT2D eigenvalue weighted by molar-refractivity contribution is 0.0171. The second-order valence-corrected chi connectivity index (χ2v) is 5.79. The van der Waals surface area contributed by atoms with Crippen molar-refractivity contribution in [3.8, 4) is 11.4 Å². The maximum atomic E-state index is 6.54. The quantitative estimate of drug-likeness (QED) is 0.937. The number of halogens is 1. The third-order valence-corrected chi connectivity index (χ3v) is 4.55. The Bertz CT molecular complexity index is 623. The minimum absolute atomic E-state index is 0.0278. The van der Waals surface area contributed by atoms with Crippen molar-refractivity contribution in [2.24, 2.45) is 12.8 Å². The first kappa shape index (κ1) is 15.5. The van der Waals surface area contributed by atoms with Gasteiger partial charge in [-0.2, -0.15) is 0 Å². The summed E-state index contributed by atoms with van der Waals surface area (Å²) < 4.78 is 7.34. The molecule has 0 spiro atoms. The highest BCUT2D eigenvalue weighted by Gasteiger charge is 2.27. The maximum Gasteiger partial charge on any atom is 0.141 e. The van der Waals surface area contributed by atoms with E-state index in [0.29, 0.717) is 11.7 Å². The molecule has 1 aliphatic rings. The average molecular weight is 321 g/mol. The smallest absolute Gasteiger partial charge is 0.141 e. The van der Waals surface area contributed by atoms with E-state index in [1.807, 2.05) is 41.9 Å². The van der Waals surface area contributed by atoms with Crippen LogP contribution in [-0.4, -0.2) is 47.3 Å². The molecule has 1 saturated heterocycles. The van der Waals surface area contributed by atoms with E-state index in [-0.39, 0.29) is 6.04 Å². The molecule has 22 heavy (non-hydrogen) atoms. The van der Waals surface area contributed by atoms with E-state index in [4.69, 9.17) is 27.1 Å². The Balaban J connectivity index is 1.96. The van der Waals surface area contributed by atoms with Crippen LogP contribution in [0.3, 0.4) is 0 Å². The number of rotatable bonds is 4. The first-order valence-corrected chi connectivity index (χ1v) is 7.89. The van der Waals surface area contributed by atoms with E-state index in [9.17, 15) is 0 Å². The molecule has 1 atom stereocenters. The van der Waals surface area contributed by atoms with Gasteiger partial charge in [-0.15, -0.1) is 0 Å². The van der Waals surface area contributed by atoms with Gasteiger partial charge in [0, 0.05) is 32.2 Å². The van der Waals surface area contributed by atoms with Gasteiger partial charge in [0.25, 0.3) is 0 Å². The minimum atomic E-state index is 0.0278. The van der Waals surface area contributed by atoms with Crippen molar-refractivity contribution < 1.29 is 4.74 Å². The van der Waals surface area contributed by atoms with Gasteiger partial charge in [0.2, 0.25) is 0 Å². The zero-order valence-electron chi connectivity index (χ0n) is 12.7. The van der Waals surface area contributed by atoms with Gasteiger partial charge < -0.3 is 15.0 Å². The molecule has 5 nitrogen and oxygen atoms in total. The van der Waals surface area contributed by atoms with Crippen LogP contribution >= 0.6 is 11.6 Å². The summed E-state index contributed by atoms with van der Waals surface area (Å²) >= 11 is 6.54. The van der Waals surface area contributed by atoms with E-state index in [1.165, 1.54) is 0 Å². The lowest BCUT2D eigenvalue weighted by Gasteiger charge is -2.33. The fourth-order valence-corrected chi connectivity index (χ4v) is 3.13. The number of nitrogens with zero attached hydrogens (tertiary/aromatic N) is 3. The van der Waals surface area contributed by atoms with E-state index in [0.717, 1.165) is 43.4 Å². The predicted molar refractivity (Wildman–Crippen MR) is 87.8 cm³/mol. The highest BCUT2D eigenvalue weighted by Crippen LogP contribution is 2.31. The number of imidazole rings is 1. The van der Waals surface area contributed by atoms with Gasteiger partial charge in [-0.25, -0.2) is 4.98 Å². The first-order valence-electron chi connectivity index (χ1n) is 7.51. The number of nitrogens with two attached hydrogens (primary N) is 1. The molecule has 1 fully saturated rings. The third-order valence-electron chi connectivity index (χ3n) is 4.11. The molecule has 2 N–H and O–H groups in total. The molecule has 1 aliphatic heterocycles. The van der Waals surface area contributed by atoms with Crippen molar-refractivity contribution in [3.05, 3.63) is 41.2 Å². The summed E-state index contributed by atoms with van der Waals surface area (Å²) in [4.78, 5) is 7.09. The van der Waals surface area contributed by atoms with Crippen molar-refractivity contribution in [1.29, 1.82) is 0 Å². The van der Waals surface area contributed by atoms with Gasteiger partial charge >= 0.3 is 0 Å². The normalized spacial score (nSPS) is 17.6. The van der Waals surface area contributed by atoms with Gasteiger partial charge in [-0.3, -0.25) is 4.90 Å². The van der Waals surface area contributed by atoms with Crippen LogP contribution in [0.4, 0.5) is 0 Å².